The predicted molar refractivity (Wildman–Crippen MR) is 134 cm³/mol. The molecule has 0 bridgehead atoms. The number of ether oxygens (including phenoxy) is 2. The molecule has 35 heavy (non-hydrogen) atoms. The standard InChI is InChI=1S/C28H26ClNO5/c1-18-5-3-6-19(15-18)17-35-23-11-9-20(10-12-23)26(31)24-25(21-7-4-8-22(29)16-21)30(13-14-34-2)28(33)27(24)32/h3-12,15-16,25,31H,13-14,17H2,1-2H3/t25-/m1/s1. The summed E-state index contributed by atoms with van der Waals surface area (Å²) in [6.07, 6.45) is 0. The van der Waals surface area contributed by atoms with Crippen molar-refractivity contribution >= 4 is 29.1 Å². The molecule has 6 nitrogen and oxygen atoms in total. The Morgan fingerprint density at radius 1 is 1.03 bits per heavy atom. The molecule has 0 aromatic heterocycles. The van der Waals surface area contributed by atoms with Gasteiger partial charge in [-0.2, -0.15) is 0 Å². The van der Waals surface area contributed by atoms with Gasteiger partial charge in [0.2, 0.25) is 0 Å². The summed E-state index contributed by atoms with van der Waals surface area (Å²) < 4.78 is 11.0. The Morgan fingerprint density at radius 2 is 1.77 bits per heavy atom. The highest BCUT2D eigenvalue weighted by atomic mass is 35.5. The number of carbonyl (C=O) groups is 2. The fourth-order valence-corrected chi connectivity index (χ4v) is 4.36. The highest BCUT2D eigenvalue weighted by Crippen LogP contribution is 2.40. The smallest absolute Gasteiger partial charge is 0.295 e. The SMILES string of the molecule is COCCN1C(=O)C(=O)C(=C(O)c2ccc(OCc3cccc(C)c3)cc2)[C@H]1c1cccc(Cl)c1. The summed E-state index contributed by atoms with van der Waals surface area (Å²) in [6, 6.07) is 21.0. The van der Waals surface area contributed by atoms with Gasteiger partial charge in [-0.05, 0) is 54.4 Å². The van der Waals surface area contributed by atoms with E-state index in [4.69, 9.17) is 21.1 Å². The van der Waals surface area contributed by atoms with Crippen LogP contribution in [-0.2, 0) is 20.9 Å². The number of amides is 1. The number of nitrogens with zero attached hydrogens (tertiary/aromatic N) is 1. The predicted octanol–water partition coefficient (Wildman–Crippen LogP) is 5.30. The second-order valence-corrected chi connectivity index (χ2v) is 8.78. The topological polar surface area (TPSA) is 76.1 Å². The van der Waals surface area contributed by atoms with E-state index in [0.29, 0.717) is 28.5 Å². The number of aliphatic hydroxyl groups is 1. The number of Topliss-reactive ketones (excluding diaryl/α,β-unsaturated/α-hetero) is 1. The number of aryl methyl sites for hydroxylation is 1. The molecule has 1 aliphatic rings. The molecule has 1 aliphatic heterocycles. The molecule has 0 radical (unpaired) electrons. The van der Waals surface area contributed by atoms with Crippen molar-refractivity contribution in [3.63, 3.8) is 0 Å². The highest BCUT2D eigenvalue weighted by Gasteiger charge is 2.45. The van der Waals surface area contributed by atoms with Gasteiger partial charge in [0.1, 0.15) is 18.1 Å². The van der Waals surface area contributed by atoms with Crippen molar-refractivity contribution in [2.75, 3.05) is 20.3 Å². The number of halogens is 1. The van der Waals surface area contributed by atoms with Crippen molar-refractivity contribution in [3.05, 3.63) is 106 Å². The summed E-state index contributed by atoms with van der Waals surface area (Å²) in [7, 11) is 1.52. The van der Waals surface area contributed by atoms with Crippen LogP contribution >= 0.6 is 11.6 Å². The fraction of sp³-hybridized carbons (Fsp3) is 0.214. The van der Waals surface area contributed by atoms with Crippen molar-refractivity contribution in [1.82, 2.24) is 4.90 Å². The maximum absolute atomic E-state index is 13.0. The molecular weight excluding hydrogens is 466 g/mol. The zero-order valence-electron chi connectivity index (χ0n) is 19.5. The zero-order valence-corrected chi connectivity index (χ0v) is 20.3. The molecular formula is C28H26ClNO5. The van der Waals surface area contributed by atoms with Gasteiger partial charge in [-0.15, -0.1) is 0 Å². The van der Waals surface area contributed by atoms with Crippen LogP contribution < -0.4 is 4.74 Å². The Bertz CT molecular complexity index is 1270. The quantitative estimate of drug-likeness (QED) is 0.263. The molecule has 0 unspecified atom stereocenters. The molecule has 1 atom stereocenters. The lowest BCUT2D eigenvalue weighted by Gasteiger charge is -2.25. The first-order chi connectivity index (χ1) is 16.9. The Labute approximate surface area is 209 Å². The minimum absolute atomic E-state index is 0.0156. The third-order valence-corrected chi connectivity index (χ3v) is 6.09. The largest absolute Gasteiger partial charge is 0.507 e. The van der Waals surface area contributed by atoms with Crippen molar-refractivity contribution in [1.29, 1.82) is 0 Å². The first kappa shape index (κ1) is 24.5. The van der Waals surface area contributed by atoms with Crippen LogP contribution in [0, 0.1) is 6.92 Å². The van der Waals surface area contributed by atoms with E-state index in [-0.39, 0.29) is 24.5 Å². The van der Waals surface area contributed by atoms with Crippen molar-refractivity contribution in [2.45, 2.75) is 19.6 Å². The molecule has 3 aromatic carbocycles. The number of aliphatic hydroxyl groups excluding tert-OH is 1. The van der Waals surface area contributed by atoms with Gasteiger partial charge in [-0.25, -0.2) is 0 Å². The Hall–Kier alpha value is -3.61. The second kappa shape index (κ2) is 10.8. The van der Waals surface area contributed by atoms with E-state index in [2.05, 4.69) is 6.07 Å². The van der Waals surface area contributed by atoms with Crippen LogP contribution in [-0.4, -0.2) is 42.0 Å². The summed E-state index contributed by atoms with van der Waals surface area (Å²) in [5, 5.41) is 11.6. The molecule has 0 saturated carbocycles. The van der Waals surface area contributed by atoms with Crippen LogP contribution in [0.5, 0.6) is 5.75 Å². The number of ketones is 1. The zero-order chi connectivity index (χ0) is 24.9. The third-order valence-electron chi connectivity index (χ3n) is 5.86. The summed E-state index contributed by atoms with van der Waals surface area (Å²) in [5.41, 5.74) is 3.26. The average molecular weight is 492 g/mol. The maximum Gasteiger partial charge on any atom is 0.295 e. The lowest BCUT2D eigenvalue weighted by molar-refractivity contribution is -0.140. The molecule has 3 aromatic rings. The lowest BCUT2D eigenvalue weighted by Crippen LogP contribution is -2.32. The van der Waals surface area contributed by atoms with E-state index in [9.17, 15) is 14.7 Å². The molecule has 4 rings (SSSR count). The van der Waals surface area contributed by atoms with E-state index >= 15 is 0 Å². The van der Waals surface area contributed by atoms with Crippen LogP contribution in [0.1, 0.15) is 28.3 Å². The minimum atomic E-state index is -0.777. The van der Waals surface area contributed by atoms with E-state index in [1.165, 1.54) is 12.0 Å². The summed E-state index contributed by atoms with van der Waals surface area (Å²) in [4.78, 5) is 27.3. The van der Waals surface area contributed by atoms with Crippen LogP contribution in [0.3, 0.4) is 0 Å². The molecule has 1 amide bonds. The molecule has 1 heterocycles. The maximum atomic E-state index is 13.0. The molecule has 1 N–H and O–H groups in total. The summed E-state index contributed by atoms with van der Waals surface area (Å²) in [5.74, 6) is -1.07. The average Bonchev–Trinajstić information content (AvgIpc) is 3.11. The molecule has 180 valence electrons. The lowest BCUT2D eigenvalue weighted by atomic mass is 9.95. The van der Waals surface area contributed by atoms with Crippen molar-refractivity contribution < 1.29 is 24.2 Å². The Balaban J connectivity index is 1.64. The monoisotopic (exact) mass is 491 g/mol. The van der Waals surface area contributed by atoms with Gasteiger partial charge in [0.25, 0.3) is 11.7 Å². The van der Waals surface area contributed by atoms with E-state index in [1.54, 1.807) is 48.5 Å². The van der Waals surface area contributed by atoms with Gasteiger partial charge in [-0.1, -0.05) is 53.6 Å². The molecule has 0 aliphatic carbocycles. The Morgan fingerprint density at radius 3 is 2.46 bits per heavy atom. The van der Waals surface area contributed by atoms with Crippen LogP contribution in [0.4, 0.5) is 0 Å². The number of benzene rings is 3. The van der Waals surface area contributed by atoms with Gasteiger partial charge in [0.15, 0.2) is 0 Å². The Kier molecular flexibility index (Phi) is 7.54. The second-order valence-electron chi connectivity index (χ2n) is 8.34. The van der Waals surface area contributed by atoms with E-state index < -0.39 is 17.7 Å². The first-order valence-electron chi connectivity index (χ1n) is 11.2. The van der Waals surface area contributed by atoms with Gasteiger partial charge in [-0.3, -0.25) is 9.59 Å². The molecule has 0 spiro atoms. The van der Waals surface area contributed by atoms with Crippen LogP contribution in [0.25, 0.3) is 5.76 Å². The number of rotatable bonds is 8. The number of hydrogen-bond acceptors (Lipinski definition) is 5. The minimum Gasteiger partial charge on any atom is -0.507 e. The van der Waals surface area contributed by atoms with Crippen molar-refractivity contribution in [3.8, 4) is 5.75 Å². The number of methoxy groups -OCH3 is 1. The van der Waals surface area contributed by atoms with Crippen molar-refractivity contribution in [2.24, 2.45) is 0 Å². The third kappa shape index (κ3) is 5.39. The number of hydrogen-bond donors (Lipinski definition) is 1. The van der Waals surface area contributed by atoms with E-state index in [1.807, 2.05) is 25.1 Å². The molecule has 7 heteroatoms. The number of carbonyl (C=O) groups excluding carboxylic acids is 2. The fourth-order valence-electron chi connectivity index (χ4n) is 4.16. The van der Waals surface area contributed by atoms with Crippen LogP contribution in [0.2, 0.25) is 5.02 Å². The number of likely N-dealkylation sites (tertiary alicyclic amines) is 1. The normalized spacial score (nSPS) is 17.1. The highest BCUT2D eigenvalue weighted by molar-refractivity contribution is 6.46. The summed E-state index contributed by atoms with van der Waals surface area (Å²) >= 11 is 6.19. The molecule has 1 fully saturated rings. The van der Waals surface area contributed by atoms with Gasteiger partial charge in [0, 0.05) is 24.2 Å². The molecule has 1 saturated heterocycles. The van der Waals surface area contributed by atoms with Gasteiger partial charge < -0.3 is 19.5 Å². The van der Waals surface area contributed by atoms with Crippen LogP contribution in [0.15, 0.2) is 78.4 Å². The first-order valence-corrected chi connectivity index (χ1v) is 11.6. The summed E-state index contributed by atoms with van der Waals surface area (Å²) in [6.45, 7) is 2.88. The van der Waals surface area contributed by atoms with Gasteiger partial charge in [0.05, 0.1) is 18.2 Å². The van der Waals surface area contributed by atoms with E-state index in [0.717, 1.165) is 11.1 Å². The van der Waals surface area contributed by atoms with Gasteiger partial charge >= 0.3 is 0 Å².